The minimum absolute atomic E-state index is 0.128. The Balaban J connectivity index is 1.86. The van der Waals surface area contributed by atoms with Gasteiger partial charge in [-0.05, 0) is 56.7 Å². The van der Waals surface area contributed by atoms with Crippen LogP contribution in [0.4, 0.5) is 0 Å². The molecule has 0 aliphatic carbocycles. The number of carbonyl (C=O) groups is 1. The molecule has 4 nitrogen and oxygen atoms in total. The molecule has 1 N–H and O–H groups in total. The number of hydrogen-bond acceptors (Lipinski definition) is 3. The Morgan fingerprint density at radius 3 is 2.32 bits per heavy atom. The maximum Gasteiger partial charge on any atom is 0.261 e. The summed E-state index contributed by atoms with van der Waals surface area (Å²) < 4.78 is 11.2. The Kier molecular flexibility index (Phi) is 6.97. The molecule has 2 aromatic rings. The smallest absolute Gasteiger partial charge is 0.261 e. The minimum atomic E-state index is -0.678. The molecule has 0 fully saturated rings. The highest BCUT2D eigenvalue weighted by molar-refractivity contribution is 6.35. The number of rotatable bonds is 7. The van der Waals surface area contributed by atoms with Crippen molar-refractivity contribution in [2.75, 3.05) is 0 Å². The van der Waals surface area contributed by atoms with Gasteiger partial charge in [-0.25, -0.2) is 0 Å². The minimum Gasteiger partial charge on any atom is -0.491 e. The lowest BCUT2D eigenvalue weighted by atomic mass is 10.2. The number of carbonyl (C=O) groups excluding carboxylic acids is 1. The Bertz CT molecular complexity index is 717. The predicted molar refractivity (Wildman–Crippen MR) is 101 cm³/mol. The topological polar surface area (TPSA) is 47.6 Å². The van der Waals surface area contributed by atoms with Crippen LogP contribution in [0.2, 0.25) is 10.0 Å². The molecule has 0 saturated heterocycles. The average molecular weight is 382 g/mol. The quantitative estimate of drug-likeness (QED) is 0.744. The van der Waals surface area contributed by atoms with Crippen LogP contribution in [0.25, 0.3) is 0 Å². The number of hydrogen-bond donors (Lipinski definition) is 1. The highest BCUT2D eigenvalue weighted by atomic mass is 35.5. The summed E-state index contributed by atoms with van der Waals surface area (Å²) in [5.74, 6) is 0.997. The van der Waals surface area contributed by atoms with Gasteiger partial charge in [0.15, 0.2) is 6.10 Å². The van der Waals surface area contributed by atoms with E-state index in [2.05, 4.69) is 5.32 Å². The molecule has 0 spiro atoms. The second kappa shape index (κ2) is 8.97. The van der Waals surface area contributed by atoms with Gasteiger partial charge >= 0.3 is 0 Å². The maximum atomic E-state index is 12.2. The fourth-order valence-electron chi connectivity index (χ4n) is 2.11. The molecule has 2 aromatic carbocycles. The lowest BCUT2D eigenvalue weighted by molar-refractivity contribution is -0.127. The van der Waals surface area contributed by atoms with E-state index in [0.717, 1.165) is 11.3 Å². The third-order valence-corrected chi connectivity index (χ3v) is 3.86. The molecule has 6 heteroatoms. The van der Waals surface area contributed by atoms with Crippen molar-refractivity contribution < 1.29 is 14.3 Å². The summed E-state index contributed by atoms with van der Waals surface area (Å²) in [6.45, 7) is 6.02. The molecule has 134 valence electrons. The first-order chi connectivity index (χ1) is 11.8. The van der Waals surface area contributed by atoms with Crippen molar-refractivity contribution in [3.05, 3.63) is 58.1 Å². The monoisotopic (exact) mass is 381 g/mol. The van der Waals surface area contributed by atoms with E-state index in [1.165, 1.54) is 0 Å². The van der Waals surface area contributed by atoms with Gasteiger partial charge in [0.05, 0.1) is 11.1 Å². The third-order valence-electron chi connectivity index (χ3n) is 3.33. The second-order valence-electron chi connectivity index (χ2n) is 5.86. The average Bonchev–Trinajstić information content (AvgIpc) is 2.56. The summed E-state index contributed by atoms with van der Waals surface area (Å²) in [4.78, 5) is 12.2. The van der Waals surface area contributed by atoms with E-state index < -0.39 is 6.10 Å². The normalized spacial score (nSPS) is 11.9. The van der Waals surface area contributed by atoms with Gasteiger partial charge in [-0.1, -0.05) is 35.3 Å². The zero-order valence-electron chi connectivity index (χ0n) is 14.4. The van der Waals surface area contributed by atoms with Crippen LogP contribution in [0.3, 0.4) is 0 Å². The molecule has 0 saturated carbocycles. The van der Waals surface area contributed by atoms with Gasteiger partial charge in [0.2, 0.25) is 0 Å². The van der Waals surface area contributed by atoms with Gasteiger partial charge in [0.1, 0.15) is 11.5 Å². The number of halogens is 2. The Labute approximate surface area is 158 Å². The molecular formula is C19H21Cl2NO3. The molecule has 1 atom stereocenters. The van der Waals surface area contributed by atoms with Gasteiger partial charge in [-0.2, -0.15) is 0 Å². The Morgan fingerprint density at radius 2 is 1.72 bits per heavy atom. The molecule has 1 unspecified atom stereocenters. The van der Waals surface area contributed by atoms with Crippen LogP contribution in [0.15, 0.2) is 42.5 Å². The van der Waals surface area contributed by atoms with Crippen molar-refractivity contribution >= 4 is 29.1 Å². The summed E-state index contributed by atoms with van der Waals surface area (Å²) in [6, 6.07) is 12.5. The first-order valence-corrected chi connectivity index (χ1v) is 8.75. The van der Waals surface area contributed by atoms with Gasteiger partial charge < -0.3 is 14.8 Å². The fourth-order valence-corrected chi connectivity index (χ4v) is 2.56. The molecule has 0 aliphatic heterocycles. The van der Waals surface area contributed by atoms with Crippen LogP contribution in [0.5, 0.6) is 11.5 Å². The van der Waals surface area contributed by atoms with Crippen LogP contribution in [-0.2, 0) is 11.3 Å². The molecule has 25 heavy (non-hydrogen) atoms. The summed E-state index contributed by atoms with van der Waals surface area (Å²) in [7, 11) is 0. The first-order valence-electron chi connectivity index (χ1n) is 8.00. The van der Waals surface area contributed by atoms with Gasteiger partial charge in [-0.15, -0.1) is 0 Å². The Hall–Kier alpha value is -1.91. The summed E-state index contributed by atoms with van der Waals surface area (Å²) in [5, 5.41) is 3.72. The zero-order valence-corrected chi connectivity index (χ0v) is 15.9. The highest BCUT2D eigenvalue weighted by Gasteiger charge is 2.16. The third kappa shape index (κ3) is 6.15. The van der Waals surface area contributed by atoms with Crippen molar-refractivity contribution in [1.82, 2.24) is 5.32 Å². The second-order valence-corrected chi connectivity index (χ2v) is 6.71. The molecule has 0 aliphatic rings. The zero-order chi connectivity index (χ0) is 18.4. The number of nitrogens with one attached hydrogen (secondary N) is 1. The molecule has 2 rings (SSSR count). The van der Waals surface area contributed by atoms with Crippen molar-refractivity contribution in [3.63, 3.8) is 0 Å². The SMILES string of the molecule is CC(C)Oc1ccc(CNC(=O)C(C)Oc2ccc(Cl)cc2Cl)cc1. The van der Waals surface area contributed by atoms with Crippen molar-refractivity contribution in [3.8, 4) is 11.5 Å². The predicted octanol–water partition coefficient (Wildman–Crippen LogP) is 4.86. The van der Waals surface area contributed by atoms with Crippen molar-refractivity contribution in [1.29, 1.82) is 0 Å². The van der Waals surface area contributed by atoms with Crippen LogP contribution in [-0.4, -0.2) is 18.1 Å². The molecule has 0 heterocycles. The number of benzene rings is 2. The largest absolute Gasteiger partial charge is 0.491 e. The van der Waals surface area contributed by atoms with E-state index in [1.54, 1.807) is 25.1 Å². The van der Waals surface area contributed by atoms with Crippen LogP contribution < -0.4 is 14.8 Å². The molecular weight excluding hydrogens is 361 g/mol. The van der Waals surface area contributed by atoms with Crippen molar-refractivity contribution in [2.45, 2.75) is 39.5 Å². The molecule has 0 radical (unpaired) electrons. The number of ether oxygens (including phenoxy) is 2. The van der Waals surface area contributed by atoms with E-state index >= 15 is 0 Å². The lowest BCUT2D eigenvalue weighted by Gasteiger charge is -2.16. The van der Waals surface area contributed by atoms with Crippen LogP contribution in [0, 0.1) is 0 Å². The fraction of sp³-hybridized carbons (Fsp3) is 0.316. The lowest BCUT2D eigenvalue weighted by Crippen LogP contribution is -2.35. The summed E-state index contributed by atoms with van der Waals surface area (Å²) >= 11 is 11.9. The summed E-state index contributed by atoms with van der Waals surface area (Å²) in [5.41, 5.74) is 0.973. The van der Waals surface area contributed by atoms with E-state index in [9.17, 15) is 4.79 Å². The Morgan fingerprint density at radius 1 is 1.04 bits per heavy atom. The van der Waals surface area contributed by atoms with E-state index in [4.69, 9.17) is 32.7 Å². The van der Waals surface area contributed by atoms with Crippen LogP contribution >= 0.6 is 23.2 Å². The molecule has 0 aromatic heterocycles. The van der Waals surface area contributed by atoms with Gasteiger partial charge in [-0.3, -0.25) is 4.79 Å². The summed E-state index contributed by atoms with van der Waals surface area (Å²) in [6.07, 6.45) is -0.550. The van der Waals surface area contributed by atoms with E-state index in [1.807, 2.05) is 38.1 Å². The highest BCUT2D eigenvalue weighted by Crippen LogP contribution is 2.28. The number of amides is 1. The molecule has 1 amide bonds. The van der Waals surface area contributed by atoms with Gasteiger partial charge in [0, 0.05) is 11.6 Å². The first kappa shape index (κ1) is 19.4. The standard InChI is InChI=1S/C19H21Cl2NO3/c1-12(2)24-16-7-4-14(5-8-16)11-22-19(23)13(3)25-18-9-6-15(20)10-17(18)21/h4-10,12-13H,11H2,1-3H3,(H,22,23). The van der Waals surface area contributed by atoms with E-state index in [-0.39, 0.29) is 12.0 Å². The van der Waals surface area contributed by atoms with E-state index in [0.29, 0.717) is 22.3 Å². The van der Waals surface area contributed by atoms with Gasteiger partial charge in [0.25, 0.3) is 5.91 Å². The van der Waals surface area contributed by atoms with Crippen LogP contribution in [0.1, 0.15) is 26.3 Å². The molecule has 0 bridgehead atoms. The maximum absolute atomic E-state index is 12.2. The van der Waals surface area contributed by atoms with Crippen molar-refractivity contribution in [2.24, 2.45) is 0 Å².